The summed E-state index contributed by atoms with van der Waals surface area (Å²) in [5.41, 5.74) is 7.99. The monoisotopic (exact) mass is 399 g/mol. The number of hydrogen-bond donors (Lipinski definition) is 1. The Labute approximate surface area is 138 Å². The van der Waals surface area contributed by atoms with E-state index >= 15 is 0 Å². The van der Waals surface area contributed by atoms with E-state index in [2.05, 4.69) is 39.5 Å². The molecule has 1 heterocycles. The molecule has 6 heteroatoms. The zero-order valence-corrected chi connectivity index (χ0v) is 14.5. The Morgan fingerprint density at radius 1 is 1.14 bits per heavy atom. The van der Waals surface area contributed by atoms with Gasteiger partial charge in [0.15, 0.2) is 11.5 Å². The second kappa shape index (κ2) is 6.93. The molecule has 0 spiro atoms. The molecule has 112 valence electrons. The van der Waals surface area contributed by atoms with Crippen molar-refractivity contribution in [2.24, 2.45) is 0 Å². The van der Waals surface area contributed by atoms with E-state index in [0.717, 1.165) is 27.1 Å². The lowest BCUT2D eigenvalue weighted by atomic mass is 10.1. The lowest BCUT2D eigenvalue weighted by molar-refractivity contribution is 0.354. The van der Waals surface area contributed by atoms with Crippen LogP contribution < -0.4 is 15.2 Å². The van der Waals surface area contributed by atoms with E-state index in [-0.39, 0.29) is 0 Å². The Kier molecular flexibility index (Phi) is 5.22. The van der Waals surface area contributed by atoms with Gasteiger partial charge in [-0.3, -0.25) is 0 Å². The fraction of sp³-hybridized carbons (Fsp3) is 0.333. The maximum Gasteiger partial charge on any atom is 0.161 e. The minimum Gasteiger partial charge on any atom is -0.493 e. The smallest absolute Gasteiger partial charge is 0.161 e. The molecule has 0 saturated heterocycles. The maximum atomic E-state index is 5.95. The molecule has 5 nitrogen and oxygen atoms in total. The van der Waals surface area contributed by atoms with Crippen molar-refractivity contribution >= 4 is 28.4 Å². The van der Waals surface area contributed by atoms with Crippen molar-refractivity contribution in [3.8, 4) is 11.5 Å². The van der Waals surface area contributed by atoms with Gasteiger partial charge in [0, 0.05) is 6.42 Å². The van der Waals surface area contributed by atoms with E-state index in [9.17, 15) is 0 Å². The van der Waals surface area contributed by atoms with E-state index in [1.54, 1.807) is 14.2 Å². The molecule has 2 aromatic rings. The molecule has 2 rings (SSSR count). The summed E-state index contributed by atoms with van der Waals surface area (Å²) in [4.78, 5) is 8.94. The quantitative estimate of drug-likeness (QED) is 0.784. The minimum absolute atomic E-state index is 0.540. The SMILES string of the molecule is CCc1nc(Cc2ccc(OC)c(OC)c2)nc(N)c1I. The molecule has 2 N–H and O–H groups in total. The Balaban J connectivity index is 2.32. The van der Waals surface area contributed by atoms with E-state index in [1.807, 2.05) is 18.2 Å². The zero-order chi connectivity index (χ0) is 15.4. The first-order chi connectivity index (χ1) is 10.1. The number of rotatable bonds is 5. The van der Waals surface area contributed by atoms with Gasteiger partial charge in [-0.15, -0.1) is 0 Å². The number of nitrogens with zero attached hydrogens (tertiary/aromatic N) is 2. The van der Waals surface area contributed by atoms with Crippen molar-refractivity contribution in [2.75, 3.05) is 20.0 Å². The lowest BCUT2D eigenvalue weighted by Gasteiger charge is -2.10. The third-order valence-corrected chi connectivity index (χ3v) is 4.31. The second-order valence-electron chi connectivity index (χ2n) is 4.51. The summed E-state index contributed by atoms with van der Waals surface area (Å²) in [5, 5.41) is 0. The summed E-state index contributed by atoms with van der Waals surface area (Å²) in [7, 11) is 3.24. The average Bonchev–Trinajstić information content (AvgIpc) is 2.50. The molecular formula is C15H18IN3O2. The molecule has 1 aromatic carbocycles. The van der Waals surface area contributed by atoms with Gasteiger partial charge in [-0.1, -0.05) is 13.0 Å². The van der Waals surface area contributed by atoms with Gasteiger partial charge in [-0.25, -0.2) is 9.97 Å². The molecule has 0 aliphatic rings. The Morgan fingerprint density at radius 2 is 1.86 bits per heavy atom. The fourth-order valence-corrected chi connectivity index (χ4v) is 2.67. The number of aromatic nitrogens is 2. The van der Waals surface area contributed by atoms with E-state index in [0.29, 0.717) is 23.7 Å². The van der Waals surface area contributed by atoms with Crippen LogP contribution >= 0.6 is 22.6 Å². The van der Waals surface area contributed by atoms with Crippen LogP contribution in [0, 0.1) is 3.57 Å². The molecule has 0 unspecified atom stereocenters. The van der Waals surface area contributed by atoms with Crippen molar-refractivity contribution in [3.05, 3.63) is 38.9 Å². The first-order valence-corrected chi connectivity index (χ1v) is 7.68. The Bertz CT molecular complexity index is 647. The van der Waals surface area contributed by atoms with Crippen LogP contribution in [0.25, 0.3) is 0 Å². The standard InChI is InChI=1S/C15H18IN3O2/c1-4-10-14(16)15(17)19-13(18-10)8-9-5-6-11(20-2)12(7-9)21-3/h5-7H,4,8H2,1-3H3,(H2,17,18,19). The van der Waals surface area contributed by atoms with Crippen LogP contribution in [0.1, 0.15) is 24.0 Å². The molecule has 0 aliphatic heterocycles. The topological polar surface area (TPSA) is 70.3 Å². The molecule has 0 fully saturated rings. The number of methoxy groups -OCH3 is 2. The Morgan fingerprint density at radius 3 is 2.48 bits per heavy atom. The number of benzene rings is 1. The van der Waals surface area contributed by atoms with Gasteiger partial charge < -0.3 is 15.2 Å². The molecule has 0 amide bonds. The molecule has 0 saturated carbocycles. The second-order valence-corrected chi connectivity index (χ2v) is 5.58. The van der Waals surface area contributed by atoms with Crippen LogP contribution in [0.3, 0.4) is 0 Å². The number of aryl methyl sites for hydroxylation is 1. The van der Waals surface area contributed by atoms with Crippen LogP contribution in [0.15, 0.2) is 18.2 Å². The van der Waals surface area contributed by atoms with Gasteiger partial charge in [-0.2, -0.15) is 0 Å². The highest BCUT2D eigenvalue weighted by Crippen LogP contribution is 2.28. The van der Waals surface area contributed by atoms with Gasteiger partial charge in [0.05, 0.1) is 23.5 Å². The van der Waals surface area contributed by atoms with Crippen molar-refractivity contribution in [1.29, 1.82) is 0 Å². The van der Waals surface area contributed by atoms with E-state index in [4.69, 9.17) is 15.2 Å². The first-order valence-electron chi connectivity index (χ1n) is 6.60. The summed E-state index contributed by atoms with van der Waals surface area (Å²) in [6, 6.07) is 5.79. The zero-order valence-electron chi connectivity index (χ0n) is 12.3. The van der Waals surface area contributed by atoms with Gasteiger partial charge in [0.1, 0.15) is 11.6 Å². The van der Waals surface area contributed by atoms with Gasteiger partial charge >= 0.3 is 0 Å². The first kappa shape index (κ1) is 15.8. The summed E-state index contributed by atoms with van der Waals surface area (Å²) >= 11 is 2.19. The largest absolute Gasteiger partial charge is 0.493 e. The number of nitrogen functional groups attached to an aromatic ring is 1. The molecule has 1 aromatic heterocycles. The van der Waals surface area contributed by atoms with Crippen LogP contribution in [0.2, 0.25) is 0 Å². The third-order valence-electron chi connectivity index (χ3n) is 3.14. The van der Waals surface area contributed by atoms with Crippen molar-refractivity contribution in [2.45, 2.75) is 19.8 Å². The van der Waals surface area contributed by atoms with Gasteiger partial charge in [-0.05, 0) is 46.7 Å². The summed E-state index contributed by atoms with van der Waals surface area (Å²) in [6.45, 7) is 2.06. The highest BCUT2D eigenvalue weighted by atomic mass is 127. The average molecular weight is 399 g/mol. The molecular weight excluding hydrogens is 381 g/mol. The third kappa shape index (κ3) is 3.55. The normalized spacial score (nSPS) is 10.5. The number of anilines is 1. The molecule has 21 heavy (non-hydrogen) atoms. The number of halogens is 1. The fourth-order valence-electron chi connectivity index (χ4n) is 2.05. The molecule has 0 atom stereocenters. The molecule has 0 aliphatic carbocycles. The highest BCUT2D eigenvalue weighted by Gasteiger charge is 2.11. The van der Waals surface area contributed by atoms with Crippen LogP contribution in [0.4, 0.5) is 5.82 Å². The van der Waals surface area contributed by atoms with Crippen LogP contribution in [-0.4, -0.2) is 24.2 Å². The van der Waals surface area contributed by atoms with Crippen molar-refractivity contribution < 1.29 is 9.47 Å². The summed E-state index contributed by atoms with van der Waals surface area (Å²) in [5.74, 6) is 2.66. The number of ether oxygens (including phenoxy) is 2. The van der Waals surface area contributed by atoms with Crippen LogP contribution in [-0.2, 0) is 12.8 Å². The highest BCUT2D eigenvalue weighted by molar-refractivity contribution is 14.1. The predicted molar refractivity (Wildman–Crippen MR) is 90.9 cm³/mol. The van der Waals surface area contributed by atoms with Gasteiger partial charge in [0.25, 0.3) is 0 Å². The molecule has 0 radical (unpaired) electrons. The van der Waals surface area contributed by atoms with Gasteiger partial charge in [0.2, 0.25) is 0 Å². The van der Waals surface area contributed by atoms with Crippen LogP contribution in [0.5, 0.6) is 11.5 Å². The Hall–Kier alpha value is -1.57. The summed E-state index contributed by atoms with van der Waals surface area (Å²) < 4.78 is 11.5. The predicted octanol–water partition coefficient (Wildman–Crippen LogP) is 2.83. The summed E-state index contributed by atoms with van der Waals surface area (Å²) in [6.07, 6.45) is 1.44. The van der Waals surface area contributed by atoms with Crippen molar-refractivity contribution in [3.63, 3.8) is 0 Å². The lowest BCUT2D eigenvalue weighted by Crippen LogP contribution is -2.07. The maximum absolute atomic E-state index is 5.95. The van der Waals surface area contributed by atoms with E-state index in [1.165, 1.54) is 0 Å². The van der Waals surface area contributed by atoms with Crippen molar-refractivity contribution in [1.82, 2.24) is 9.97 Å². The number of hydrogen-bond acceptors (Lipinski definition) is 5. The minimum atomic E-state index is 0.540. The number of nitrogens with two attached hydrogens (primary N) is 1. The van der Waals surface area contributed by atoms with E-state index < -0.39 is 0 Å². The molecule has 0 bridgehead atoms.